The fourth-order valence-electron chi connectivity index (χ4n) is 2.02. The molecule has 98 valence electrons. The van der Waals surface area contributed by atoms with Gasteiger partial charge in [0.2, 0.25) is 5.91 Å². The average Bonchev–Trinajstić information content (AvgIpc) is 2.93. The topological polar surface area (TPSA) is 38.3 Å². The monoisotopic (exact) mass is 265 g/mol. The molecule has 1 saturated heterocycles. The van der Waals surface area contributed by atoms with Crippen molar-refractivity contribution in [3.8, 4) is 5.75 Å². The molecule has 1 N–H and O–H groups in total. The molecule has 1 aromatic rings. The Kier molecular flexibility index (Phi) is 4.93. The molecule has 0 saturated carbocycles. The summed E-state index contributed by atoms with van der Waals surface area (Å²) in [4.78, 5) is 11.8. The minimum absolute atomic E-state index is 0.181. The summed E-state index contributed by atoms with van der Waals surface area (Å²) in [6.07, 6.45) is 3.06. The van der Waals surface area contributed by atoms with Crippen molar-refractivity contribution >= 4 is 17.7 Å². The molecule has 1 atom stereocenters. The van der Waals surface area contributed by atoms with Crippen molar-refractivity contribution in [2.75, 3.05) is 19.4 Å². The molecule has 1 aromatic carbocycles. The Morgan fingerprint density at radius 1 is 1.44 bits per heavy atom. The Balaban J connectivity index is 1.72. The van der Waals surface area contributed by atoms with Crippen LogP contribution in [0.5, 0.6) is 5.75 Å². The van der Waals surface area contributed by atoms with Crippen LogP contribution in [0, 0.1) is 0 Å². The minimum Gasteiger partial charge on any atom is -0.497 e. The van der Waals surface area contributed by atoms with E-state index in [4.69, 9.17) is 4.74 Å². The molecule has 3 nitrogen and oxygen atoms in total. The van der Waals surface area contributed by atoms with E-state index in [0.29, 0.717) is 6.54 Å². The summed E-state index contributed by atoms with van der Waals surface area (Å²) < 4.78 is 5.11. The zero-order valence-electron chi connectivity index (χ0n) is 10.6. The third kappa shape index (κ3) is 3.67. The van der Waals surface area contributed by atoms with Gasteiger partial charge in [-0.1, -0.05) is 12.1 Å². The highest BCUT2D eigenvalue weighted by atomic mass is 32.2. The zero-order chi connectivity index (χ0) is 12.8. The lowest BCUT2D eigenvalue weighted by Crippen LogP contribution is -2.32. The lowest BCUT2D eigenvalue weighted by atomic mass is 10.1. The van der Waals surface area contributed by atoms with Gasteiger partial charge < -0.3 is 10.1 Å². The van der Waals surface area contributed by atoms with Gasteiger partial charge in [-0.25, -0.2) is 0 Å². The summed E-state index contributed by atoms with van der Waals surface area (Å²) in [5.41, 5.74) is 1.22. The van der Waals surface area contributed by atoms with Gasteiger partial charge in [0, 0.05) is 6.54 Å². The van der Waals surface area contributed by atoms with E-state index in [9.17, 15) is 4.79 Å². The summed E-state index contributed by atoms with van der Waals surface area (Å²) in [7, 11) is 1.66. The zero-order valence-corrected chi connectivity index (χ0v) is 11.5. The van der Waals surface area contributed by atoms with E-state index in [1.807, 2.05) is 24.3 Å². The summed E-state index contributed by atoms with van der Waals surface area (Å²) >= 11 is 1.77. The molecule has 0 unspecified atom stereocenters. The van der Waals surface area contributed by atoms with E-state index in [2.05, 4.69) is 5.32 Å². The number of carbonyl (C=O) groups is 1. The quantitative estimate of drug-likeness (QED) is 0.887. The van der Waals surface area contributed by atoms with Crippen LogP contribution in [0.2, 0.25) is 0 Å². The normalized spacial score (nSPS) is 18.6. The first kappa shape index (κ1) is 13.3. The third-order valence-corrected chi connectivity index (χ3v) is 4.47. The van der Waals surface area contributed by atoms with Crippen LogP contribution in [0.15, 0.2) is 24.3 Å². The highest BCUT2D eigenvalue weighted by Gasteiger charge is 2.22. The summed E-state index contributed by atoms with van der Waals surface area (Å²) in [5, 5.41) is 3.19. The Morgan fingerprint density at radius 2 is 2.22 bits per heavy atom. The molecular weight excluding hydrogens is 246 g/mol. The summed E-state index contributed by atoms with van der Waals surface area (Å²) in [5.74, 6) is 2.19. The second-order valence-electron chi connectivity index (χ2n) is 4.39. The number of benzene rings is 1. The van der Waals surface area contributed by atoms with Gasteiger partial charge in [-0.3, -0.25) is 4.79 Å². The number of hydrogen-bond acceptors (Lipinski definition) is 3. The predicted octanol–water partition coefficient (Wildman–Crippen LogP) is 2.25. The maximum atomic E-state index is 11.8. The van der Waals surface area contributed by atoms with Crippen molar-refractivity contribution in [3.05, 3.63) is 29.8 Å². The maximum absolute atomic E-state index is 11.8. The first-order chi connectivity index (χ1) is 8.79. The van der Waals surface area contributed by atoms with E-state index in [0.717, 1.165) is 24.3 Å². The Bertz CT molecular complexity index is 385. The SMILES string of the molecule is COc1ccc(CCNC(=O)[C@@H]2CCCS2)cc1. The van der Waals surface area contributed by atoms with Crippen LogP contribution in [0.1, 0.15) is 18.4 Å². The van der Waals surface area contributed by atoms with Gasteiger partial charge in [-0.2, -0.15) is 0 Å². The lowest BCUT2D eigenvalue weighted by molar-refractivity contribution is -0.120. The van der Waals surface area contributed by atoms with E-state index in [1.54, 1.807) is 18.9 Å². The molecule has 1 amide bonds. The smallest absolute Gasteiger partial charge is 0.233 e. The third-order valence-electron chi connectivity index (χ3n) is 3.09. The molecule has 0 aromatic heterocycles. The lowest BCUT2D eigenvalue weighted by Gasteiger charge is -2.10. The van der Waals surface area contributed by atoms with E-state index in [1.165, 1.54) is 12.0 Å². The summed E-state index contributed by atoms with van der Waals surface area (Å²) in [6, 6.07) is 7.97. The Morgan fingerprint density at radius 3 is 2.83 bits per heavy atom. The molecule has 4 heteroatoms. The van der Waals surface area contributed by atoms with Gasteiger partial charge in [-0.05, 0) is 42.7 Å². The Labute approximate surface area is 112 Å². The number of rotatable bonds is 5. The molecule has 18 heavy (non-hydrogen) atoms. The second kappa shape index (κ2) is 6.69. The molecule has 0 bridgehead atoms. The van der Waals surface area contributed by atoms with Crippen molar-refractivity contribution in [2.24, 2.45) is 0 Å². The standard InChI is InChI=1S/C14H19NO2S/c1-17-12-6-4-11(5-7-12)8-9-15-14(16)13-3-2-10-18-13/h4-7,13H,2-3,8-10H2,1H3,(H,15,16)/t13-/m0/s1. The van der Waals surface area contributed by atoms with Crippen molar-refractivity contribution in [2.45, 2.75) is 24.5 Å². The molecule has 1 aliphatic heterocycles. The van der Waals surface area contributed by atoms with Crippen molar-refractivity contribution in [1.82, 2.24) is 5.32 Å². The Hall–Kier alpha value is -1.16. The molecule has 0 spiro atoms. The highest BCUT2D eigenvalue weighted by molar-refractivity contribution is 8.00. The predicted molar refractivity (Wildman–Crippen MR) is 75.2 cm³/mol. The number of ether oxygens (including phenoxy) is 1. The number of methoxy groups -OCH3 is 1. The van der Waals surface area contributed by atoms with Gasteiger partial charge >= 0.3 is 0 Å². The van der Waals surface area contributed by atoms with Crippen LogP contribution in [-0.4, -0.2) is 30.6 Å². The van der Waals surface area contributed by atoms with Crippen molar-refractivity contribution < 1.29 is 9.53 Å². The number of nitrogens with one attached hydrogen (secondary N) is 1. The fraction of sp³-hybridized carbons (Fsp3) is 0.500. The first-order valence-corrected chi connectivity index (χ1v) is 7.37. The fourth-order valence-corrected chi connectivity index (χ4v) is 3.21. The van der Waals surface area contributed by atoms with Crippen molar-refractivity contribution in [3.63, 3.8) is 0 Å². The van der Waals surface area contributed by atoms with E-state index in [-0.39, 0.29) is 11.2 Å². The second-order valence-corrected chi connectivity index (χ2v) is 5.70. The van der Waals surface area contributed by atoms with Gasteiger partial charge in [0.25, 0.3) is 0 Å². The molecule has 1 heterocycles. The molecule has 0 aliphatic carbocycles. The highest BCUT2D eigenvalue weighted by Crippen LogP contribution is 2.25. The van der Waals surface area contributed by atoms with Crippen LogP contribution in [0.4, 0.5) is 0 Å². The van der Waals surface area contributed by atoms with Crippen LogP contribution < -0.4 is 10.1 Å². The van der Waals surface area contributed by atoms with Crippen LogP contribution in [0.25, 0.3) is 0 Å². The van der Waals surface area contributed by atoms with Crippen LogP contribution in [0.3, 0.4) is 0 Å². The first-order valence-electron chi connectivity index (χ1n) is 6.32. The van der Waals surface area contributed by atoms with Gasteiger partial charge in [0.1, 0.15) is 5.75 Å². The van der Waals surface area contributed by atoms with E-state index >= 15 is 0 Å². The number of thioether (sulfide) groups is 1. The van der Waals surface area contributed by atoms with Gasteiger partial charge in [0.15, 0.2) is 0 Å². The molecule has 1 fully saturated rings. The molecule has 0 radical (unpaired) electrons. The number of hydrogen-bond donors (Lipinski definition) is 1. The average molecular weight is 265 g/mol. The van der Waals surface area contributed by atoms with E-state index < -0.39 is 0 Å². The largest absolute Gasteiger partial charge is 0.497 e. The molecule has 1 aliphatic rings. The van der Waals surface area contributed by atoms with Crippen LogP contribution in [-0.2, 0) is 11.2 Å². The van der Waals surface area contributed by atoms with Crippen molar-refractivity contribution in [1.29, 1.82) is 0 Å². The molecular formula is C14H19NO2S. The summed E-state index contributed by atoms with van der Waals surface area (Å²) in [6.45, 7) is 0.711. The van der Waals surface area contributed by atoms with Gasteiger partial charge in [-0.15, -0.1) is 11.8 Å². The number of carbonyl (C=O) groups excluding carboxylic acids is 1. The number of amides is 1. The van der Waals surface area contributed by atoms with Gasteiger partial charge in [0.05, 0.1) is 12.4 Å². The molecule has 2 rings (SSSR count). The minimum atomic E-state index is 0.181. The maximum Gasteiger partial charge on any atom is 0.233 e. The van der Waals surface area contributed by atoms with Crippen LogP contribution >= 0.6 is 11.8 Å².